The molecule has 0 saturated carbocycles. The van der Waals surface area contributed by atoms with Gasteiger partial charge in [-0.1, -0.05) is 6.07 Å². The summed E-state index contributed by atoms with van der Waals surface area (Å²) in [5, 5.41) is 3.10. The van der Waals surface area contributed by atoms with Gasteiger partial charge in [-0.2, -0.15) is 0 Å². The second-order valence-corrected chi connectivity index (χ2v) is 7.27. The molecule has 0 aliphatic carbocycles. The molecule has 2 aromatic rings. The molecule has 0 spiro atoms. The molecule has 1 unspecified atom stereocenters. The highest BCUT2D eigenvalue weighted by Crippen LogP contribution is 2.36. The lowest BCUT2D eigenvalue weighted by Crippen LogP contribution is -2.19. The van der Waals surface area contributed by atoms with E-state index in [0.717, 1.165) is 13.1 Å². The first-order valence-electron chi connectivity index (χ1n) is 5.57. The van der Waals surface area contributed by atoms with Crippen LogP contribution in [0.3, 0.4) is 0 Å². The van der Waals surface area contributed by atoms with Crippen molar-refractivity contribution in [3.05, 3.63) is 54.6 Å². The van der Waals surface area contributed by atoms with E-state index >= 15 is 0 Å². The first kappa shape index (κ1) is 15.1. The summed E-state index contributed by atoms with van der Waals surface area (Å²) in [7, 11) is 1.78. The maximum atomic E-state index is 13.7. The summed E-state index contributed by atoms with van der Waals surface area (Å²) < 4.78 is 29.2. The molecule has 0 amide bonds. The van der Waals surface area contributed by atoms with Crippen LogP contribution in [0.15, 0.2) is 32.5 Å². The van der Waals surface area contributed by atoms with Gasteiger partial charge in [0, 0.05) is 21.0 Å². The minimum absolute atomic E-state index is 0.113. The van der Waals surface area contributed by atoms with Crippen LogP contribution in [0.25, 0.3) is 0 Å². The predicted molar refractivity (Wildman–Crippen MR) is 81.6 cm³/mol. The SMILES string of the molecule is CNC(Cc1c(F)cccc1F)c1cc(Br)c(Br)s1. The minimum Gasteiger partial charge on any atom is -0.312 e. The first-order chi connectivity index (χ1) is 9.02. The van der Waals surface area contributed by atoms with E-state index in [4.69, 9.17) is 0 Å². The van der Waals surface area contributed by atoms with E-state index in [1.54, 1.807) is 18.4 Å². The second kappa shape index (κ2) is 6.43. The van der Waals surface area contributed by atoms with Gasteiger partial charge in [-0.05, 0) is 63.5 Å². The summed E-state index contributed by atoms with van der Waals surface area (Å²) in [6, 6.07) is 5.77. The smallest absolute Gasteiger partial charge is 0.129 e. The van der Waals surface area contributed by atoms with Gasteiger partial charge in [0.25, 0.3) is 0 Å². The zero-order valence-electron chi connectivity index (χ0n) is 10.0. The van der Waals surface area contributed by atoms with E-state index in [9.17, 15) is 8.78 Å². The van der Waals surface area contributed by atoms with Gasteiger partial charge >= 0.3 is 0 Å². The van der Waals surface area contributed by atoms with Crippen LogP contribution >= 0.6 is 43.2 Å². The molecule has 19 heavy (non-hydrogen) atoms. The molecule has 2 rings (SSSR count). The van der Waals surface area contributed by atoms with E-state index in [1.807, 2.05) is 6.07 Å². The van der Waals surface area contributed by atoms with Crippen LogP contribution < -0.4 is 5.32 Å². The number of nitrogens with one attached hydrogen (secondary N) is 1. The Morgan fingerprint density at radius 1 is 1.26 bits per heavy atom. The molecule has 1 atom stereocenters. The van der Waals surface area contributed by atoms with Crippen molar-refractivity contribution < 1.29 is 8.78 Å². The number of benzene rings is 1. The van der Waals surface area contributed by atoms with Gasteiger partial charge < -0.3 is 5.32 Å². The fourth-order valence-corrected chi connectivity index (χ4v) is 4.01. The molecule has 0 aliphatic heterocycles. The molecule has 0 bridgehead atoms. The van der Waals surface area contributed by atoms with Crippen LogP contribution in [0.2, 0.25) is 0 Å². The van der Waals surface area contributed by atoms with E-state index in [-0.39, 0.29) is 18.0 Å². The maximum absolute atomic E-state index is 13.7. The van der Waals surface area contributed by atoms with Crippen molar-refractivity contribution in [3.8, 4) is 0 Å². The van der Waals surface area contributed by atoms with Crippen molar-refractivity contribution >= 4 is 43.2 Å². The molecule has 0 saturated heterocycles. The van der Waals surface area contributed by atoms with Gasteiger partial charge in [0.1, 0.15) is 11.6 Å². The standard InChI is InChI=1S/C13H11Br2F2NS/c1-18-11(12-6-8(14)13(15)19-12)5-7-9(16)3-2-4-10(7)17/h2-4,6,11,18H,5H2,1H3. The molecular weight excluding hydrogens is 400 g/mol. The molecule has 0 aliphatic rings. The molecule has 102 valence electrons. The Morgan fingerprint density at radius 2 is 1.89 bits per heavy atom. The van der Waals surface area contributed by atoms with Crippen molar-refractivity contribution in [2.45, 2.75) is 12.5 Å². The lowest BCUT2D eigenvalue weighted by Gasteiger charge is -2.15. The molecule has 1 nitrogen and oxygen atoms in total. The normalized spacial score (nSPS) is 12.7. The third kappa shape index (κ3) is 3.42. The van der Waals surface area contributed by atoms with Gasteiger partial charge in [-0.25, -0.2) is 8.78 Å². The maximum Gasteiger partial charge on any atom is 0.129 e. The van der Waals surface area contributed by atoms with Crippen molar-refractivity contribution in [2.24, 2.45) is 0 Å². The average molecular weight is 411 g/mol. The van der Waals surface area contributed by atoms with Crippen molar-refractivity contribution in [2.75, 3.05) is 7.05 Å². The van der Waals surface area contributed by atoms with Crippen LogP contribution in [0.1, 0.15) is 16.5 Å². The van der Waals surface area contributed by atoms with Crippen molar-refractivity contribution in [3.63, 3.8) is 0 Å². The summed E-state index contributed by atoms with van der Waals surface area (Å²) >= 11 is 8.38. The van der Waals surface area contributed by atoms with Gasteiger partial charge in [-0.3, -0.25) is 0 Å². The van der Waals surface area contributed by atoms with Crippen LogP contribution in [0, 0.1) is 11.6 Å². The van der Waals surface area contributed by atoms with Crippen LogP contribution in [-0.2, 0) is 6.42 Å². The van der Waals surface area contributed by atoms with Crippen LogP contribution in [0.5, 0.6) is 0 Å². The van der Waals surface area contributed by atoms with E-state index in [0.29, 0.717) is 0 Å². The highest BCUT2D eigenvalue weighted by atomic mass is 79.9. The first-order valence-corrected chi connectivity index (χ1v) is 7.98. The Balaban J connectivity index is 2.29. The summed E-state index contributed by atoms with van der Waals surface area (Å²) in [5.41, 5.74) is 0.113. The van der Waals surface area contributed by atoms with Crippen molar-refractivity contribution in [1.82, 2.24) is 5.32 Å². The molecule has 1 aromatic heterocycles. The van der Waals surface area contributed by atoms with Gasteiger partial charge in [-0.15, -0.1) is 11.3 Å². The molecule has 1 N–H and O–H groups in total. The zero-order chi connectivity index (χ0) is 14.0. The van der Waals surface area contributed by atoms with Crippen LogP contribution in [-0.4, -0.2) is 7.05 Å². The summed E-state index contributed by atoms with van der Waals surface area (Å²) in [5.74, 6) is -1.01. The summed E-state index contributed by atoms with van der Waals surface area (Å²) in [4.78, 5) is 1.02. The lowest BCUT2D eigenvalue weighted by molar-refractivity contribution is 0.518. The zero-order valence-corrected chi connectivity index (χ0v) is 14.0. The Kier molecular flexibility index (Phi) is 5.11. The number of likely N-dealkylation sites (N-methyl/N-ethyl adjacent to an activating group) is 1. The van der Waals surface area contributed by atoms with E-state index < -0.39 is 11.6 Å². The number of halogens is 4. The average Bonchev–Trinajstić information content (AvgIpc) is 2.69. The van der Waals surface area contributed by atoms with E-state index in [2.05, 4.69) is 37.2 Å². The summed E-state index contributed by atoms with van der Waals surface area (Å²) in [6.45, 7) is 0. The molecule has 0 radical (unpaired) electrons. The summed E-state index contributed by atoms with van der Waals surface area (Å²) in [6.07, 6.45) is 0.272. The number of thiophene rings is 1. The fourth-order valence-electron chi connectivity index (χ4n) is 1.81. The number of hydrogen-bond acceptors (Lipinski definition) is 2. The lowest BCUT2D eigenvalue weighted by atomic mass is 10.0. The Hall–Kier alpha value is -0.300. The molecular formula is C13H11Br2F2NS. The quantitative estimate of drug-likeness (QED) is 0.743. The third-order valence-corrected chi connectivity index (χ3v) is 6.20. The Morgan fingerprint density at radius 3 is 2.37 bits per heavy atom. The molecule has 6 heteroatoms. The number of hydrogen-bond donors (Lipinski definition) is 1. The second-order valence-electron chi connectivity index (χ2n) is 4.02. The topological polar surface area (TPSA) is 12.0 Å². The third-order valence-electron chi connectivity index (χ3n) is 2.83. The molecule has 1 aromatic carbocycles. The Labute approximate surface area is 131 Å². The van der Waals surface area contributed by atoms with Gasteiger partial charge in [0.15, 0.2) is 0 Å². The molecule has 0 fully saturated rings. The van der Waals surface area contributed by atoms with E-state index in [1.165, 1.54) is 18.2 Å². The Bertz CT molecular complexity index is 546. The minimum atomic E-state index is -0.505. The van der Waals surface area contributed by atoms with Crippen molar-refractivity contribution in [1.29, 1.82) is 0 Å². The van der Waals surface area contributed by atoms with Gasteiger partial charge in [0.2, 0.25) is 0 Å². The largest absolute Gasteiger partial charge is 0.312 e. The highest BCUT2D eigenvalue weighted by molar-refractivity contribution is 9.13. The predicted octanol–water partition coefficient (Wildman–Crippen LogP) is 5.05. The van der Waals surface area contributed by atoms with Crippen LogP contribution in [0.4, 0.5) is 8.78 Å². The monoisotopic (exact) mass is 409 g/mol. The molecule has 1 heterocycles. The highest BCUT2D eigenvalue weighted by Gasteiger charge is 2.18. The van der Waals surface area contributed by atoms with Gasteiger partial charge in [0.05, 0.1) is 3.79 Å². The fraction of sp³-hybridized carbons (Fsp3) is 0.231. The number of rotatable bonds is 4.